The van der Waals surface area contributed by atoms with Crippen LogP contribution >= 0.6 is 0 Å². The molecular weight excluding hydrogens is 360 g/mol. The second kappa shape index (κ2) is 8.23. The monoisotopic (exact) mass is 388 g/mol. The second-order valence-electron chi connectivity index (χ2n) is 7.58. The number of hydrogen-bond acceptors (Lipinski definition) is 3. The number of rotatable bonds is 7. The highest BCUT2D eigenvalue weighted by Gasteiger charge is 2.25. The molecule has 5 nitrogen and oxygen atoms in total. The zero-order chi connectivity index (χ0) is 20.2. The Hall–Kier alpha value is -2.18. The number of amides is 1. The molecule has 0 atom stereocenters. The van der Waals surface area contributed by atoms with E-state index in [9.17, 15) is 13.2 Å². The van der Waals surface area contributed by atoms with Crippen LogP contribution in [0.1, 0.15) is 43.6 Å². The topological polar surface area (TPSA) is 66.5 Å². The van der Waals surface area contributed by atoms with Gasteiger partial charge < -0.3 is 5.32 Å². The van der Waals surface area contributed by atoms with Gasteiger partial charge >= 0.3 is 0 Å². The van der Waals surface area contributed by atoms with E-state index in [0.717, 1.165) is 5.56 Å². The first-order valence-corrected chi connectivity index (χ1v) is 10.4. The van der Waals surface area contributed by atoms with Crippen LogP contribution in [0.4, 0.5) is 0 Å². The van der Waals surface area contributed by atoms with Crippen molar-refractivity contribution in [2.24, 2.45) is 0 Å². The molecule has 0 unspecified atom stereocenters. The molecular formula is C21H28N2O3S. The average molecular weight is 389 g/mol. The van der Waals surface area contributed by atoms with Gasteiger partial charge in [0.05, 0.1) is 4.90 Å². The van der Waals surface area contributed by atoms with E-state index in [2.05, 4.69) is 19.2 Å². The minimum atomic E-state index is -3.63. The maximum atomic E-state index is 12.6. The summed E-state index contributed by atoms with van der Waals surface area (Å²) in [5, 5.41) is 2.92. The van der Waals surface area contributed by atoms with E-state index in [0.29, 0.717) is 12.1 Å². The van der Waals surface area contributed by atoms with Gasteiger partial charge in [-0.05, 0) is 37.6 Å². The van der Waals surface area contributed by atoms with Crippen LogP contribution in [0.5, 0.6) is 0 Å². The van der Waals surface area contributed by atoms with Crippen molar-refractivity contribution in [2.45, 2.75) is 44.0 Å². The molecule has 1 amide bonds. The minimum Gasteiger partial charge on any atom is -0.351 e. The van der Waals surface area contributed by atoms with Crippen molar-refractivity contribution in [3.05, 3.63) is 65.7 Å². The first kappa shape index (κ1) is 21.1. The van der Waals surface area contributed by atoms with Gasteiger partial charge in [-0.25, -0.2) is 8.42 Å². The second-order valence-corrected chi connectivity index (χ2v) is 9.57. The maximum absolute atomic E-state index is 12.6. The molecule has 0 aliphatic rings. The lowest BCUT2D eigenvalue weighted by atomic mass is 9.84. The maximum Gasteiger partial charge on any atom is 0.251 e. The Morgan fingerprint density at radius 2 is 1.70 bits per heavy atom. The summed E-state index contributed by atoms with van der Waals surface area (Å²) >= 11 is 0. The zero-order valence-corrected chi connectivity index (χ0v) is 17.4. The van der Waals surface area contributed by atoms with Gasteiger partial charge in [-0.3, -0.25) is 4.79 Å². The number of carbonyl (C=O) groups is 1. The lowest BCUT2D eigenvalue weighted by Crippen LogP contribution is -2.37. The number of carbonyl (C=O) groups excluding carboxylic acids is 1. The van der Waals surface area contributed by atoms with Crippen LogP contribution in [0.3, 0.4) is 0 Å². The molecule has 2 aromatic rings. The van der Waals surface area contributed by atoms with Crippen LogP contribution in [-0.4, -0.2) is 38.3 Å². The van der Waals surface area contributed by atoms with Gasteiger partial charge in [0.15, 0.2) is 0 Å². The number of sulfonamides is 1. The molecule has 6 heteroatoms. The molecule has 0 fully saturated rings. The van der Waals surface area contributed by atoms with E-state index in [1.54, 1.807) is 26.0 Å². The Kier molecular flexibility index (Phi) is 6.44. The molecule has 0 aliphatic carbocycles. The van der Waals surface area contributed by atoms with Crippen LogP contribution in [0.15, 0.2) is 59.5 Å². The Balaban J connectivity index is 2.16. The van der Waals surface area contributed by atoms with Gasteiger partial charge in [0, 0.05) is 30.6 Å². The third-order valence-corrected chi connectivity index (χ3v) is 6.78. The summed E-state index contributed by atoms with van der Waals surface area (Å²) in [6.07, 6.45) is 0. The van der Waals surface area contributed by atoms with Crippen molar-refractivity contribution in [2.75, 3.05) is 13.6 Å². The minimum absolute atomic E-state index is 0.119. The van der Waals surface area contributed by atoms with E-state index >= 15 is 0 Å². The molecule has 0 saturated carbocycles. The van der Waals surface area contributed by atoms with Gasteiger partial charge in [0.1, 0.15) is 0 Å². The third-order valence-electron chi connectivity index (χ3n) is 4.75. The molecule has 0 aromatic heterocycles. The number of nitrogens with zero attached hydrogens (tertiary/aromatic N) is 1. The summed E-state index contributed by atoms with van der Waals surface area (Å²) in [6.45, 7) is 8.17. The van der Waals surface area contributed by atoms with Crippen molar-refractivity contribution in [1.29, 1.82) is 0 Å². The van der Waals surface area contributed by atoms with Crippen molar-refractivity contribution in [3.63, 3.8) is 0 Å². The van der Waals surface area contributed by atoms with E-state index < -0.39 is 10.0 Å². The molecule has 0 radical (unpaired) electrons. The van der Waals surface area contributed by atoms with Gasteiger partial charge in [0.25, 0.3) is 5.91 Å². The Morgan fingerprint density at radius 1 is 1.07 bits per heavy atom. The zero-order valence-electron chi connectivity index (χ0n) is 16.6. The Labute approximate surface area is 162 Å². The van der Waals surface area contributed by atoms with Crippen molar-refractivity contribution >= 4 is 15.9 Å². The summed E-state index contributed by atoms with van der Waals surface area (Å²) < 4.78 is 26.6. The smallest absolute Gasteiger partial charge is 0.251 e. The number of hydrogen-bond donors (Lipinski definition) is 1. The normalized spacial score (nSPS) is 12.4. The fraction of sp³-hybridized carbons (Fsp3) is 0.381. The first-order chi connectivity index (χ1) is 12.6. The summed E-state index contributed by atoms with van der Waals surface area (Å²) in [6, 6.07) is 16.0. The van der Waals surface area contributed by atoms with Crippen molar-refractivity contribution in [3.8, 4) is 0 Å². The van der Waals surface area contributed by atoms with Crippen molar-refractivity contribution < 1.29 is 13.2 Å². The fourth-order valence-electron chi connectivity index (χ4n) is 2.64. The molecule has 0 bridgehead atoms. The lowest BCUT2D eigenvalue weighted by Gasteiger charge is -2.25. The Morgan fingerprint density at radius 3 is 2.30 bits per heavy atom. The molecule has 0 heterocycles. The standard InChI is InChI=1S/C21H28N2O3S/c1-16(2)23(5)27(25,26)19-13-9-10-17(14-19)20(24)22-15-21(3,4)18-11-7-6-8-12-18/h6-14,16H,15H2,1-5H3,(H,22,24). The highest BCUT2D eigenvalue weighted by atomic mass is 32.2. The molecule has 0 spiro atoms. The Bertz CT molecular complexity index is 891. The molecule has 0 aliphatic heterocycles. The van der Waals surface area contributed by atoms with E-state index in [4.69, 9.17) is 0 Å². The first-order valence-electron chi connectivity index (χ1n) is 8.97. The molecule has 146 valence electrons. The van der Waals surface area contributed by atoms with E-state index in [-0.39, 0.29) is 22.3 Å². The highest BCUT2D eigenvalue weighted by Crippen LogP contribution is 2.22. The van der Waals surface area contributed by atoms with Gasteiger partial charge in [-0.15, -0.1) is 0 Å². The van der Waals surface area contributed by atoms with Gasteiger partial charge in [-0.1, -0.05) is 50.2 Å². The molecule has 27 heavy (non-hydrogen) atoms. The highest BCUT2D eigenvalue weighted by molar-refractivity contribution is 7.89. The predicted octanol–water partition coefficient (Wildman–Crippen LogP) is 3.42. The molecule has 1 N–H and O–H groups in total. The SMILES string of the molecule is CC(C)N(C)S(=O)(=O)c1cccc(C(=O)NCC(C)(C)c2ccccc2)c1. The largest absolute Gasteiger partial charge is 0.351 e. The summed E-state index contributed by atoms with van der Waals surface area (Å²) in [4.78, 5) is 12.7. The van der Waals surface area contributed by atoms with Crippen LogP contribution in [0.25, 0.3) is 0 Å². The van der Waals surface area contributed by atoms with E-state index in [1.807, 2.05) is 30.3 Å². The summed E-state index contributed by atoms with van der Waals surface area (Å²) in [5.74, 6) is -0.289. The average Bonchev–Trinajstić information content (AvgIpc) is 2.66. The molecule has 2 rings (SSSR count). The van der Waals surface area contributed by atoms with Crippen LogP contribution < -0.4 is 5.32 Å². The lowest BCUT2D eigenvalue weighted by molar-refractivity contribution is 0.0945. The molecule has 2 aromatic carbocycles. The van der Waals surface area contributed by atoms with Gasteiger partial charge in [-0.2, -0.15) is 4.31 Å². The fourth-order valence-corrected chi connectivity index (χ4v) is 4.05. The number of benzene rings is 2. The quantitative estimate of drug-likeness (QED) is 0.790. The van der Waals surface area contributed by atoms with Gasteiger partial charge in [0.2, 0.25) is 10.0 Å². The van der Waals surface area contributed by atoms with Crippen LogP contribution in [0, 0.1) is 0 Å². The van der Waals surface area contributed by atoms with Crippen LogP contribution in [0.2, 0.25) is 0 Å². The number of nitrogens with one attached hydrogen (secondary N) is 1. The summed E-state index contributed by atoms with van der Waals surface area (Å²) in [5.41, 5.74) is 1.22. The molecule has 0 saturated heterocycles. The summed E-state index contributed by atoms with van der Waals surface area (Å²) in [7, 11) is -2.09. The van der Waals surface area contributed by atoms with Crippen molar-refractivity contribution in [1.82, 2.24) is 9.62 Å². The van der Waals surface area contributed by atoms with Crippen LogP contribution in [-0.2, 0) is 15.4 Å². The van der Waals surface area contributed by atoms with E-state index in [1.165, 1.54) is 23.5 Å². The predicted molar refractivity (Wildman–Crippen MR) is 108 cm³/mol. The third kappa shape index (κ3) is 4.96.